The van der Waals surface area contributed by atoms with E-state index < -0.39 is 0 Å². The summed E-state index contributed by atoms with van der Waals surface area (Å²) in [5.41, 5.74) is 0.837. The van der Waals surface area contributed by atoms with Crippen molar-refractivity contribution in [1.82, 2.24) is 19.9 Å². The first-order chi connectivity index (χ1) is 11.6. The van der Waals surface area contributed by atoms with E-state index in [2.05, 4.69) is 24.8 Å². The second kappa shape index (κ2) is 7.42. The average molecular weight is 328 g/mol. The van der Waals surface area contributed by atoms with Gasteiger partial charge in [0.05, 0.1) is 12.3 Å². The molecule has 0 bridgehead atoms. The molecule has 1 aliphatic heterocycles. The lowest BCUT2D eigenvalue weighted by molar-refractivity contribution is 0.213. The van der Waals surface area contributed by atoms with Gasteiger partial charge in [-0.05, 0) is 31.7 Å². The lowest BCUT2D eigenvalue weighted by atomic mass is 9.98. The van der Waals surface area contributed by atoms with E-state index in [1.165, 1.54) is 0 Å². The van der Waals surface area contributed by atoms with Crippen LogP contribution in [0.4, 0.5) is 11.8 Å². The fraction of sp³-hybridized carbons (Fsp3) is 0.529. The summed E-state index contributed by atoms with van der Waals surface area (Å²) in [5, 5.41) is 0. The number of hydrogen-bond acceptors (Lipinski definition) is 7. The largest absolute Gasteiger partial charge is 0.476 e. The highest BCUT2D eigenvalue weighted by Crippen LogP contribution is 2.23. The van der Waals surface area contributed by atoms with Crippen LogP contribution in [0.1, 0.15) is 18.5 Å². The van der Waals surface area contributed by atoms with Gasteiger partial charge in [-0.15, -0.1) is 0 Å². The van der Waals surface area contributed by atoms with Crippen LogP contribution < -0.4 is 14.5 Å². The molecule has 3 rings (SSSR count). The van der Waals surface area contributed by atoms with Crippen molar-refractivity contribution >= 4 is 11.8 Å². The van der Waals surface area contributed by atoms with Gasteiger partial charge in [-0.1, -0.05) is 0 Å². The molecular formula is C17H24N6O. The third-order valence-corrected chi connectivity index (χ3v) is 4.28. The van der Waals surface area contributed by atoms with Crippen LogP contribution in [0.5, 0.6) is 5.88 Å². The summed E-state index contributed by atoms with van der Waals surface area (Å²) >= 11 is 0. The summed E-state index contributed by atoms with van der Waals surface area (Å²) in [5.74, 6) is 2.91. The van der Waals surface area contributed by atoms with Gasteiger partial charge in [-0.25, -0.2) is 9.97 Å². The molecule has 1 saturated heterocycles. The number of hydrogen-bond donors (Lipinski definition) is 0. The molecule has 0 amide bonds. The van der Waals surface area contributed by atoms with Crippen molar-refractivity contribution in [2.24, 2.45) is 5.92 Å². The Morgan fingerprint density at radius 3 is 2.58 bits per heavy atom. The molecule has 0 N–H and O–H groups in total. The molecule has 7 heteroatoms. The van der Waals surface area contributed by atoms with Crippen LogP contribution in [-0.2, 0) is 0 Å². The van der Waals surface area contributed by atoms with Crippen molar-refractivity contribution < 1.29 is 4.74 Å². The number of aryl methyl sites for hydroxylation is 1. The molecule has 128 valence electrons. The molecule has 0 spiro atoms. The van der Waals surface area contributed by atoms with E-state index in [0.717, 1.165) is 43.4 Å². The van der Waals surface area contributed by atoms with Crippen LogP contribution in [0.15, 0.2) is 24.7 Å². The predicted octanol–water partition coefficient (Wildman–Crippen LogP) is 1.94. The summed E-state index contributed by atoms with van der Waals surface area (Å²) in [6, 6.07) is 1.92. The lowest BCUT2D eigenvalue weighted by Crippen LogP contribution is -2.36. The lowest BCUT2D eigenvalue weighted by Gasteiger charge is -2.32. The van der Waals surface area contributed by atoms with E-state index in [-0.39, 0.29) is 0 Å². The first kappa shape index (κ1) is 16.4. The first-order valence-corrected chi connectivity index (χ1v) is 8.29. The third-order valence-electron chi connectivity index (χ3n) is 4.28. The summed E-state index contributed by atoms with van der Waals surface area (Å²) in [7, 11) is 3.98. The second-order valence-electron chi connectivity index (χ2n) is 6.30. The first-order valence-electron chi connectivity index (χ1n) is 8.29. The Labute approximate surface area is 142 Å². The molecule has 0 atom stereocenters. The van der Waals surface area contributed by atoms with Crippen LogP contribution in [-0.4, -0.2) is 53.7 Å². The average Bonchev–Trinajstić information content (AvgIpc) is 2.61. The molecule has 2 aromatic rings. The van der Waals surface area contributed by atoms with E-state index in [1.807, 2.05) is 38.2 Å². The van der Waals surface area contributed by atoms with Gasteiger partial charge in [0, 0.05) is 45.8 Å². The van der Waals surface area contributed by atoms with Gasteiger partial charge in [0.25, 0.3) is 0 Å². The van der Waals surface area contributed by atoms with Crippen molar-refractivity contribution in [3.05, 3.63) is 30.4 Å². The summed E-state index contributed by atoms with van der Waals surface area (Å²) in [4.78, 5) is 21.7. The summed E-state index contributed by atoms with van der Waals surface area (Å²) in [6.45, 7) is 4.50. The molecular weight excluding hydrogens is 304 g/mol. The van der Waals surface area contributed by atoms with Gasteiger partial charge in [0.15, 0.2) is 0 Å². The van der Waals surface area contributed by atoms with Crippen molar-refractivity contribution in [2.75, 3.05) is 43.6 Å². The van der Waals surface area contributed by atoms with Crippen LogP contribution in [0, 0.1) is 12.8 Å². The van der Waals surface area contributed by atoms with Crippen molar-refractivity contribution in [3.8, 4) is 5.88 Å². The minimum Gasteiger partial charge on any atom is -0.476 e. The van der Waals surface area contributed by atoms with Crippen molar-refractivity contribution in [3.63, 3.8) is 0 Å². The van der Waals surface area contributed by atoms with Gasteiger partial charge < -0.3 is 14.5 Å². The zero-order valence-corrected chi connectivity index (χ0v) is 14.5. The van der Waals surface area contributed by atoms with E-state index >= 15 is 0 Å². The Morgan fingerprint density at radius 1 is 1.12 bits per heavy atom. The second-order valence-corrected chi connectivity index (χ2v) is 6.30. The maximum absolute atomic E-state index is 5.84. The number of ether oxygens (including phenoxy) is 1. The van der Waals surface area contributed by atoms with Gasteiger partial charge in [0.1, 0.15) is 5.82 Å². The van der Waals surface area contributed by atoms with Crippen LogP contribution in [0.3, 0.4) is 0 Å². The zero-order valence-electron chi connectivity index (χ0n) is 14.5. The van der Waals surface area contributed by atoms with Crippen LogP contribution in [0.25, 0.3) is 0 Å². The normalized spacial score (nSPS) is 15.4. The minimum absolute atomic E-state index is 0.527. The quantitative estimate of drug-likeness (QED) is 0.831. The maximum Gasteiger partial charge on any atom is 0.235 e. The monoisotopic (exact) mass is 328 g/mol. The minimum atomic E-state index is 0.527. The maximum atomic E-state index is 5.84. The van der Waals surface area contributed by atoms with Crippen LogP contribution >= 0.6 is 0 Å². The molecule has 2 aromatic heterocycles. The fourth-order valence-electron chi connectivity index (χ4n) is 2.77. The Bertz CT molecular complexity index is 670. The SMILES string of the molecule is Cc1nccnc1OCC1CCN(c2nccc(N(C)C)n2)CC1. The predicted molar refractivity (Wildman–Crippen MR) is 93.6 cm³/mol. The van der Waals surface area contributed by atoms with Crippen molar-refractivity contribution in [2.45, 2.75) is 19.8 Å². The topological polar surface area (TPSA) is 67.3 Å². The van der Waals surface area contributed by atoms with E-state index in [9.17, 15) is 0 Å². The molecule has 0 saturated carbocycles. The highest BCUT2D eigenvalue weighted by Gasteiger charge is 2.22. The Kier molecular flexibility index (Phi) is 5.08. The van der Waals surface area contributed by atoms with Gasteiger partial charge in [-0.2, -0.15) is 4.98 Å². The number of aromatic nitrogens is 4. The number of nitrogens with zero attached hydrogens (tertiary/aromatic N) is 6. The van der Waals surface area contributed by atoms with E-state index in [0.29, 0.717) is 18.4 Å². The number of anilines is 2. The molecule has 7 nitrogen and oxygen atoms in total. The zero-order chi connectivity index (χ0) is 16.9. The highest BCUT2D eigenvalue weighted by molar-refractivity contribution is 5.42. The molecule has 0 unspecified atom stereocenters. The standard InChI is InChI=1S/C17H24N6O/c1-13-16(19-9-8-18-13)24-12-14-5-10-23(11-6-14)17-20-7-4-15(21-17)22(2)3/h4,7-9,14H,5-6,10-12H2,1-3H3. The van der Waals surface area contributed by atoms with E-state index in [4.69, 9.17) is 4.74 Å². The molecule has 3 heterocycles. The molecule has 1 aliphatic rings. The molecule has 0 aromatic carbocycles. The smallest absolute Gasteiger partial charge is 0.235 e. The third kappa shape index (κ3) is 3.90. The van der Waals surface area contributed by atoms with Crippen molar-refractivity contribution in [1.29, 1.82) is 0 Å². The Balaban J connectivity index is 1.52. The number of rotatable bonds is 5. The molecule has 0 radical (unpaired) electrons. The highest BCUT2D eigenvalue weighted by atomic mass is 16.5. The molecule has 1 fully saturated rings. The van der Waals surface area contributed by atoms with Gasteiger partial charge in [-0.3, -0.25) is 4.98 Å². The fourth-order valence-corrected chi connectivity index (χ4v) is 2.77. The van der Waals surface area contributed by atoms with E-state index in [1.54, 1.807) is 12.4 Å². The molecule has 0 aliphatic carbocycles. The van der Waals surface area contributed by atoms with Gasteiger partial charge >= 0.3 is 0 Å². The molecule has 24 heavy (non-hydrogen) atoms. The van der Waals surface area contributed by atoms with Gasteiger partial charge in [0.2, 0.25) is 11.8 Å². The van der Waals surface area contributed by atoms with Crippen LogP contribution in [0.2, 0.25) is 0 Å². The summed E-state index contributed by atoms with van der Waals surface area (Å²) in [6.07, 6.45) is 7.30. The Hall–Kier alpha value is -2.44. The Morgan fingerprint density at radius 2 is 1.88 bits per heavy atom. The summed E-state index contributed by atoms with van der Waals surface area (Å²) < 4.78 is 5.84. The number of piperidine rings is 1.